The van der Waals surface area contributed by atoms with E-state index < -0.39 is 22.8 Å². The molecule has 0 radical (unpaired) electrons. The fourth-order valence-corrected chi connectivity index (χ4v) is 6.15. The number of carboxylic acid groups (broad SMARTS) is 2. The Bertz CT molecular complexity index is 1960. The Morgan fingerprint density at radius 2 is 0.725 bits per heavy atom. The second-order valence-electron chi connectivity index (χ2n) is 13.1. The van der Waals surface area contributed by atoms with Gasteiger partial charge in [0, 0.05) is 33.1 Å². The third kappa shape index (κ3) is 8.28. The molecule has 6 rings (SSSR count). The van der Waals surface area contributed by atoms with Gasteiger partial charge in [0.1, 0.15) is 11.5 Å². The van der Waals surface area contributed by atoms with Crippen LogP contribution in [-0.4, -0.2) is 22.2 Å². The molecule has 0 bridgehead atoms. The number of carbonyl (C=O) groups is 2. The average molecular weight is 728 g/mol. The van der Waals surface area contributed by atoms with Gasteiger partial charge >= 0.3 is 19.5 Å². The van der Waals surface area contributed by atoms with Gasteiger partial charge in [-0.05, 0) is 57.6 Å². The van der Waals surface area contributed by atoms with Crippen molar-refractivity contribution in [2.75, 3.05) is 0 Å². The molecule has 0 aliphatic carbocycles. The maximum absolute atomic E-state index is 11.5. The minimum atomic E-state index is -1.39. The summed E-state index contributed by atoms with van der Waals surface area (Å²) in [4.78, 5) is 23.1. The monoisotopic (exact) mass is 726 g/mol. The Morgan fingerprint density at radius 3 is 1.00 bits per heavy atom. The third-order valence-corrected chi connectivity index (χ3v) is 9.21. The predicted octanol–water partition coefficient (Wildman–Crippen LogP) is 7.49. The van der Waals surface area contributed by atoms with Gasteiger partial charge in [-0.3, -0.25) is 0 Å². The van der Waals surface area contributed by atoms with E-state index in [4.69, 9.17) is 0 Å². The van der Waals surface area contributed by atoms with Crippen molar-refractivity contribution in [2.45, 2.75) is 38.5 Å². The van der Waals surface area contributed by atoms with Gasteiger partial charge in [-0.15, -0.1) is 0 Å². The van der Waals surface area contributed by atoms with E-state index in [1.165, 1.54) is 12.1 Å². The number of benzene rings is 6. The predicted molar refractivity (Wildman–Crippen MR) is 193 cm³/mol. The molecule has 0 unspecified atom stereocenters. The van der Waals surface area contributed by atoms with Crippen LogP contribution in [0.5, 0.6) is 11.5 Å². The molecule has 0 heterocycles. The van der Waals surface area contributed by atoms with Crippen LogP contribution >= 0.6 is 0 Å². The molecule has 6 aromatic carbocycles. The Balaban J connectivity index is 0.000000224. The van der Waals surface area contributed by atoms with E-state index in [0.29, 0.717) is 11.1 Å². The average Bonchev–Trinajstić information content (AvgIpc) is 3.13. The van der Waals surface area contributed by atoms with Crippen molar-refractivity contribution in [3.63, 3.8) is 0 Å². The first-order valence-electron chi connectivity index (χ1n) is 16.2. The van der Waals surface area contributed by atoms with Crippen LogP contribution in [-0.2, 0) is 30.3 Å². The van der Waals surface area contributed by atoms with Crippen molar-refractivity contribution in [3.8, 4) is 33.8 Å². The van der Waals surface area contributed by atoms with Crippen LogP contribution in [0.25, 0.3) is 22.3 Å². The van der Waals surface area contributed by atoms with Gasteiger partial charge in [0.2, 0.25) is 0 Å². The first kappa shape index (κ1) is 38.3. The SMILES string of the molecule is CC(C)(c1ccccc1)c1cc(-c2ccccc2)cc(C(=O)[O-])c1O.CC(C)(c1ccccc1)c1cc(-c2ccccc2)cc(C(=O)[O-])c1O.[Zn+2]. The van der Waals surface area contributed by atoms with Gasteiger partial charge in [0.25, 0.3) is 0 Å². The second-order valence-corrected chi connectivity index (χ2v) is 13.1. The summed E-state index contributed by atoms with van der Waals surface area (Å²) in [6, 6.07) is 45.0. The molecule has 0 amide bonds. The molecule has 7 heteroatoms. The normalized spacial score (nSPS) is 11.1. The number of carbonyl (C=O) groups excluding carboxylic acids is 2. The van der Waals surface area contributed by atoms with Crippen LogP contribution in [0.15, 0.2) is 146 Å². The number of aromatic carboxylic acids is 2. The fourth-order valence-electron chi connectivity index (χ4n) is 6.15. The molecular weight excluding hydrogens is 690 g/mol. The Morgan fingerprint density at radius 1 is 0.451 bits per heavy atom. The van der Waals surface area contributed by atoms with Gasteiger partial charge in [-0.25, -0.2) is 0 Å². The summed E-state index contributed by atoms with van der Waals surface area (Å²) < 4.78 is 0. The number of aromatic hydroxyl groups is 2. The molecule has 6 nitrogen and oxygen atoms in total. The molecule has 0 saturated carbocycles. The van der Waals surface area contributed by atoms with Crippen molar-refractivity contribution in [1.82, 2.24) is 0 Å². The summed E-state index contributed by atoms with van der Waals surface area (Å²) in [5, 5.41) is 44.3. The van der Waals surface area contributed by atoms with Crippen LogP contribution in [0, 0.1) is 0 Å². The molecule has 0 fully saturated rings. The van der Waals surface area contributed by atoms with Crippen molar-refractivity contribution in [1.29, 1.82) is 0 Å². The molecule has 0 aliphatic rings. The van der Waals surface area contributed by atoms with Gasteiger partial charge < -0.3 is 30.0 Å². The van der Waals surface area contributed by atoms with E-state index in [1.54, 1.807) is 0 Å². The summed E-state index contributed by atoms with van der Waals surface area (Å²) in [7, 11) is 0. The van der Waals surface area contributed by atoms with Gasteiger partial charge in [-0.1, -0.05) is 149 Å². The molecule has 0 atom stereocenters. The molecule has 0 aromatic heterocycles. The maximum Gasteiger partial charge on any atom is 2.00 e. The quantitative estimate of drug-likeness (QED) is 0.157. The molecule has 51 heavy (non-hydrogen) atoms. The van der Waals surface area contributed by atoms with Crippen LogP contribution in [0.4, 0.5) is 0 Å². The molecular formula is C44H38O6Zn. The number of phenols is 2. The van der Waals surface area contributed by atoms with E-state index in [-0.39, 0.29) is 42.1 Å². The molecule has 6 aromatic rings. The Kier molecular flexibility index (Phi) is 12.0. The number of carboxylic acids is 2. The number of hydrogen-bond donors (Lipinski definition) is 2. The topological polar surface area (TPSA) is 121 Å². The fraction of sp³-hybridized carbons (Fsp3) is 0.136. The summed E-state index contributed by atoms with van der Waals surface area (Å²) in [6.07, 6.45) is 0. The Hall–Kier alpha value is -5.52. The third-order valence-electron chi connectivity index (χ3n) is 9.21. The van der Waals surface area contributed by atoms with Crippen molar-refractivity contribution in [2.24, 2.45) is 0 Å². The number of rotatable bonds is 8. The zero-order valence-corrected chi connectivity index (χ0v) is 32.1. The zero-order valence-electron chi connectivity index (χ0n) is 29.1. The second kappa shape index (κ2) is 16.0. The first-order chi connectivity index (χ1) is 23.8. The minimum absolute atomic E-state index is 0. The van der Waals surface area contributed by atoms with Gasteiger partial charge in [0.15, 0.2) is 0 Å². The van der Waals surface area contributed by atoms with Crippen LogP contribution in [0.1, 0.15) is 70.7 Å². The molecule has 2 N–H and O–H groups in total. The van der Waals surface area contributed by atoms with Crippen LogP contribution in [0.2, 0.25) is 0 Å². The molecule has 252 valence electrons. The van der Waals surface area contributed by atoms with Gasteiger partial charge in [0.05, 0.1) is 11.9 Å². The first-order valence-corrected chi connectivity index (χ1v) is 16.2. The molecule has 0 saturated heterocycles. The van der Waals surface area contributed by atoms with Crippen molar-refractivity contribution < 1.29 is 49.5 Å². The number of hydrogen-bond acceptors (Lipinski definition) is 6. The summed E-state index contributed by atoms with van der Waals surface area (Å²) >= 11 is 0. The van der Waals surface area contributed by atoms with Crippen LogP contribution in [0.3, 0.4) is 0 Å². The van der Waals surface area contributed by atoms with Gasteiger partial charge in [-0.2, -0.15) is 0 Å². The maximum atomic E-state index is 11.5. The summed E-state index contributed by atoms with van der Waals surface area (Å²) in [6.45, 7) is 7.85. The van der Waals surface area contributed by atoms with E-state index in [2.05, 4.69) is 0 Å². The van der Waals surface area contributed by atoms with E-state index in [9.17, 15) is 30.0 Å². The van der Waals surface area contributed by atoms with Crippen molar-refractivity contribution >= 4 is 11.9 Å². The van der Waals surface area contributed by atoms with E-state index in [0.717, 1.165) is 33.4 Å². The van der Waals surface area contributed by atoms with Crippen molar-refractivity contribution in [3.05, 3.63) is 179 Å². The van der Waals surface area contributed by atoms with E-state index in [1.807, 2.05) is 161 Å². The zero-order chi connectivity index (χ0) is 36.1. The molecule has 0 spiro atoms. The largest absolute Gasteiger partial charge is 2.00 e. The summed E-state index contributed by atoms with van der Waals surface area (Å²) in [5.74, 6) is -3.26. The smallest absolute Gasteiger partial charge is 0.545 e. The summed E-state index contributed by atoms with van der Waals surface area (Å²) in [5.41, 5.74) is 4.79. The Labute approximate surface area is 311 Å². The minimum Gasteiger partial charge on any atom is -0.545 e. The van der Waals surface area contributed by atoms with E-state index >= 15 is 0 Å². The van der Waals surface area contributed by atoms with Crippen LogP contribution < -0.4 is 10.2 Å². The standard InChI is InChI=1S/2C22H20O3.Zn/c2*1-22(2,17-11-7-4-8-12-17)19-14-16(15-9-5-3-6-10-15)13-18(20(19)23)21(24)25;/h2*3-14,23H,1-2H3,(H,24,25);/q;;+2/p-2. The molecule has 0 aliphatic heterocycles.